The maximum absolute atomic E-state index is 13.7. The molecular formula is C16H22BrFN2O. The molecule has 0 bridgehead atoms. The Labute approximate surface area is 134 Å². The third-order valence-electron chi connectivity index (χ3n) is 3.81. The average molecular weight is 357 g/mol. The number of hydrogen-bond donors (Lipinski definition) is 1. The summed E-state index contributed by atoms with van der Waals surface area (Å²) in [4.78, 5) is 14.4. The van der Waals surface area contributed by atoms with Gasteiger partial charge < -0.3 is 10.2 Å². The van der Waals surface area contributed by atoms with Crippen molar-refractivity contribution < 1.29 is 9.18 Å². The van der Waals surface area contributed by atoms with Gasteiger partial charge in [-0.05, 0) is 50.0 Å². The summed E-state index contributed by atoms with van der Waals surface area (Å²) >= 11 is 3.19. The van der Waals surface area contributed by atoms with Crippen molar-refractivity contribution in [2.24, 2.45) is 5.92 Å². The summed E-state index contributed by atoms with van der Waals surface area (Å²) in [5.41, 5.74) is 0.100. The third-order valence-corrected chi connectivity index (χ3v) is 4.30. The first kappa shape index (κ1) is 16.4. The van der Waals surface area contributed by atoms with Crippen LogP contribution in [0.25, 0.3) is 0 Å². The van der Waals surface area contributed by atoms with Crippen molar-refractivity contribution in [3.05, 3.63) is 34.1 Å². The Morgan fingerprint density at radius 3 is 2.76 bits per heavy atom. The second kappa shape index (κ2) is 7.90. The summed E-state index contributed by atoms with van der Waals surface area (Å²) in [5.74, 6) is -0.471. The maximum Gasteiger partial charge on any atom is 0.254 e. The second-order valence-corrected chi connectivity index (χ2v) is 6.72. The van der Waals surface area contributed by atoms with Crippen LogP contribution in [0.5, 0.6) is 0 Å². The Hall–Kier alpha value is -0.940. The van der Waals surface area contributed by atoms with E-state index in [0.717, 1.165) is 19.6 Å². The van der Waals surface area contributed by atoms with Gasteiger partial charge in [-0.15, -0.1) is 0 Å². The third kappa shape index (κ3) is 5.08. The summed E-state index contributed by atoms with van der Waals surface area (Å²) in [6.07, 6.45) is 3.86. The van der Waals surface area contributed by atoms with Crippen molar-refractivity contribution >= 4 is 21.8 Å². The van der Waals surface area contributed by atoms with E-state index in [1.165, 1.54) is 31.4 Å². The Bertz CT molecular complexity index is 489. The monoisotopic (exact) mass is 356 g/mol. The zero-order chi connectivity index (χ0) is 15.2. The standard InChI is InChI=1S/C16H22BrFN2O/c1-12(11-20-7-3-2-4-8-20)10-19-16(21)14-6-5-13(17)9-15(14)18/h5-6,9,12H,2-4,7-8,10-11H2,1H3,(H,19,21). The van der Waals surface area contributed by atoms with Crippen molar-refractivity contribution in [1.29, 1.82) is 0 Å². The number of benzene rings is 1. The molecule has 0 aromatic heterocycles. The fourth-order valence-corrected chi connectivity index (χ4v) is 3.02. The van der Waals surface area contributed by atoms with Crippen LogP contribution in [-0.4, -0.2) is 37.0 Å². The van der Waals surface area contributed by atoms with Crippen LogP contribution in [0.1, 0.15) is 36.5 Å². The van der Waals surface area contributed by atoms with E-state index < -0.39 is 5.82 Å². The average Bonchev–Trinajstić information content (AvgIpc) is 2.46. The molecule has 116 valence electrons. The van der Waals surface area contributed by atoms with Gasteiger partial charge in [0.15, 0.2) is 0 Å². The molecule has 0 saturated carbocycles. The second-order valence-electron chi connectivity index (χ2n) is 5.80. The first-order chi connectivity index (χ1) is 10.1. The van der Waals surface area contributed by atoms with Crippen LogP contribution in [0.15, 0.2) is 22.7 Å². The molecule has 1 aliphatic heterocycles. The summed E-state index contributed by atoms with van der Waals surface area (Å²) in [6, 6.07) is 4.49. The molecule has 21 heavy (non-hydrogen) atoms. The summed E-state index contributed by atoms with van der Waals surface area (Å²) in [5, 5.41) is 2.83. The van der Waals surface area contributed by atoms with Crippen LogP contribution in [0.2, 0.25) is 0 Å². The van der Waals surface area contributed by atoms with Gasteiger partial charge in [0.05, 0.1) is 5.56 Å². The van der Waals surface area contributed by atoms with Gasteiger partial charge in [-0.3, -0.25) is 4.79 Å². The highest BCUT2D eigenvalue weighted by Crippen LogP contribution is 2.15. The Morgan fingerprint density at radius 2 is 2.10 bits per heavy atom. The minimum atomic E-state index is -0.495. The molecule has 1 N–H and O–H groups in total. The summed E-state index contributed by atoms with van der Waals surface area (Å²) in [7, 11) is 0. The quantitative estimate of drug-likeness (QED) is 0.876. The topological polar surface area (TPSA) is 32.3 Å². The molecule has 1 amide bonds. The fraction of sp³-hybridized carbons (Fsp3) is 0.562. The molecule has 0 radical (unpaired) electrons. The molecule has 2 rings (SSSR count). The highest BCUT2D eigenvalue weighted by molar-refractivity contribution is 9.10. The van der Waals surface area contributed by atoms with Crippen molar-refractivity contribution in [3.63, 3.8) is 0 Å². The summed E-state index contributed by atoms with van der Waals surface area (Å²) < 4.78 is 14.3. The van der Waals surface area contributed by atoms with E-state index >= 15 is 0 Å². The lowest BCUT2D eigenvalue weighted by Gasteiger charge is -2.29. The minimum Gasteiger partial charge on any atom is -0.352 e. The number of carbonyl (C=O) groups excluding carboxylic acids is 1. The van der Waals surface area contributed by atoms with E-state index in [0.29, 0.717) is 16.9 Å². The zero-order valence-electron chi connectivity index (χ0n) is 12.4. The molecule has 0 aliphatic carbocycles. The predicted octanol–water partition coefficient (Wildman–Crippen LogP) is 3.44. The van der Waals surface area contributed by atoms with Crippen LogP contribution >= 0.6 is 15.9 Å². The summed E-state index contributed by atoms with van der Waals surface area (Å²) in [6.45, 7) is 5.99. The van der Waals surface area contributed by atoms with Crippen LogP contribution in [0.3, 0.4) is 0 Å². The molecule has 1 aromatic carbocycles. The number of rotatable bonds is 5. The molecule has 1 unspecified atom stereocenters. The lowest BCUT2D eigenvalue weighted by molar-refractivity contribution is 0.0938. The van der Waals surface area contributed by atoms with Gasteiger partial charge in [0.1, 0.15) is 5.82 Å². The predicted molar refractivity (Wildman–Crippen MR) is 85.9 cm³/mol. The molecule has 3 nitrogen and oxygen atoms in total. The van der Waals surface area contributed by atoms with Crippen molar-refractivity contribution in [2.75, 3.05) is 26.2 Å². The van der Waals surface area contributed by atoms with Gasteiger partial charge >= 0.3 is 0 Å². The lowest BCUT2D eigenvalue weighted by atomic mass is 10.1. The molecule has 1 heterocycles. The van der Waals surface area contributed by atoms with Crippen molar-refractivity contribution in [2.45, 2.75) is 26.2 Å². The Balaban J connectivity index is 1.80. The SMILES string of the molecule is CC(CNC(=O)c1ccc(Br)cc1F)CN1CCCCC1. The molecular weight excluding hydrogens is 335 g/mol. The number of nitrogens with one attached hydrogen (secondary N) is 1. The fourth-order valence-electron chi connectivity index (χ4n) is 2.68. The molecule has 1 aromatic rings. The van der Waals surface area contributed by atoms with Gasteiger partial charge in [-0.2, -0.15) is 0 Å². The molecule has 1 atom stereocenters. The molecule has 0 spiro atoms. The zero-order valence-corrected chi connectivity index (χ0v) is 14.0. The highest BCUT2D eigenvalue weighted by atomic mass is 79.9. The minimum absolute atomic E-state index is 0.100. The van der Waals surface area contributed by atoms with Gasteiger partial charge in [0.25, 0.3) is 5.91 Å². The van der Waals surface area contributed by atoms with Gasteiger partial charge in [0.2, 0.25) is 0 Å². The van der Waals surface area contributed by atoms with Crippen LogP contribution < -0.4 is 5.32 Å². The van der Waals surface area contributed by atoms with Crippen molar-refractivity contribution in [3.8, 4) is 0 Å². The van der Waals surface area contributed by atoms with E-state index in [1.807, 2.05) is 0 Å². The van der Waals surface area contributed by atoms with E-state index in [2.05, 4.69) is 33.1 Å². The van der Waals surface area contributed by atoms with E-state index in [9.17, 15) is 9.18 Å². The number of carbonyl (C=O) groups is 1. The van der Waals surface area contributed by atoms with E-state index in [1.54, 1.807) is 6.07 Å². The molecule has 1 fully saturated rings. The number of nitrogens with zero attached hydrogens (tertiary/aromatic N) is 1. The van der Waals surface area contributed by atoms with Crippen LogP contribution in [0.4, 0.5) is 4.39 Å². The Morgan fingerprint density at radius 1 is 1.38 bits per heavy atom. The normalized spacial score (nSPS) is 17.5. The molecule has 1 aliphatic rings. The lowest BCUT2D eigenvalue weighted by Crippen LogP contribution is -2.38. The van der Waals surface area contributed by atoms with Gasteiger partial charge in [-0.1, -0.05) is 29.3 Å². The smallest absolute Gasteiger partial charge is 0.254 e. The number of hydrogen-bond acceptors (Lipinski definition) is 2. The molecule has 1 saturated heterocycles. The number of halogens is 2. The number of amides is 1. The van der Waals surface area contributed by atoms with Crippen LogP contribution in [0, 0.1) is 11.7 Å². The first-order valence-corrected chi connectivity index (χ1v) is 8.31. The van der Waals surface area contributed by atoms with Crippen molar-refractivity contribution in [1.82, 2.24) is 10.2 Å². The number of piperidine rings is 1. The van der Waals surface area contributed by atoms with Gasteiger partial charge in [-0.25, -0.2) is 4.39 Å². The van der Waals surface area contributed by atoms with Crippen LogP contribution in [-0.2, 0) is 0 Å². The number of likely N-dealkylation sites (tertiary alicyclic amines) is 1. The first-order valence-electron chi connectivity index (χ1n) is 7.52. The molecule has 5 heteroatoms. The van der Waals surface area contributed by atoms with E-state index in [4.69, 9.17) is 0 Å². The Kier molecular flexibility index (Phi) is 6.18. The highest BCUT2D eigenvalue weighted by Gasteiger charge is 2.16. The van der Waals surface area contributed by atoms with Gasteiger partial charge in [0, 0.05) is 17.6 Å². The van der Waals surface area contributed by atoms with E-state index in [-0.39, 0.29) is 11.5 Å². The maximum atomic E-state index is 13.7. The largest absolute Gasteiger partial charge is 0.352 e.